The molecular formula is C15H20N2O2S. The van der Waals surface area contributed by atoms with E-state index in [-0.39, 0.29) is 12.5 Å². The van der Waals surface area contributed by atoms with E-state index in [1.165, 1.54) is 12.8 Å². The highest BCUT2D eigenvalue weighted by Gasteiger charge is 2.27. The Morgan fingerprint density at radius 3 is 2.65 bits per heavy atom. The number of carbonyl (C=O) groups is 1. The van der Waals surface area contributed by atoms with Crippen LogP contribution in [0.3, 0.4) is 0 Å². The first kappa shape index (κ1) is 14.8. The van der Waals surface area contributed by atoms with Gasteiger partial charge in [0.05, 0.1) is 0 Å². The van der Waals surface area contributed by atoms with Gasteiger partial charge in [0.15, 0.2) is 6.61 Å². The van der Waals surface area contributed by atoms with Crippen molar-refractivity contribution >= 4 is 23.1 Å². The lowest BCUT2D eigenvalue weighted by Gasteiger charge is -2.12. The summed E-state index contributed by atoms with van der Waals surface area (Å²) in [5.41, 5.74) is 6.30. The minimum absolute atomic E-state index is 0.0316. The van der Waals surface area contributed by atoms with Gasteiger partial charge in [-0.1, -0.05) is 19.1 Å². The Morgan fingerprint density at radius 1 is 1.45 bits per heavy atom. The standard InChI is InChI=1S/C15H20N2O2S/c1-10(11-2-3-11)8-17-14(18)9-19-13-6-4-12(5-7-13)15(16)20/h4-7,10-11H,2-3,8-9H2,1H3,(H2,16,20)(H,17,18). The second-order valence-corrected chi connectivity index (χ2v) is 5.74. The van der Waals surface area contributed by atoms with Gasteiger partial charge in [0.2, 0.25) is 0 Å². The van der Waals surface area contributed by atoms with Crippen molar-refractivity contribution in [3.63, 3.8) is 0 Å². The number of benzene rings is 1. The van der Waals surface area contributed by atoms with Gasteiger partial charge in [-0.2, -0.15) is 0 Å². The molecule has 2 rings (SSSR count). The van der Waals surface area contributed by atoms with Gasteiger partial charge in [0, 0.05) is 12.1 Å². The molecule has 20 heavy (non-hydrogen) atoms. The molecule has 0 aliphatic heterocycles. The summed E-state index contributed by atoms with van der Waals surface area (Å²) in [4.78, 5) is 12.0. The van der Waals surface area contributed by atoms with Gasteiger partial charge in [0.1, 0.15) is 10.7 Å². The van der Waals surface area contributed by atoms with Crippen LogP contribution in [-0.2, 0) is 4.79 Å². The molecule has 5 heteroatoms. The Labute approximate surface area is 124 Å². The molecule has 1 aliphatic rings. The van der Waals surface area contributed by atoms with Gasteiger partial charge >= 0.3 is 0 Å². The van der Waals surface area contributed by atoms with Crippen LogP contribution in [0, 0.1) is 11.8 Å². The van der Waals surface area contributed by atoms with Gasteiger partial charge in [-0.3, -0.25) is 4.79 Å². The van der Waals surface area contributed by atoms with Crippen LogP contribution in [0.15, 0.2) is 24.3 Å². The van der Waals surface area contributed by atoms with Crippen molar-refractivity contribution in [1.29, 1.82) is 0 Å². The van der Waals surface area contributed by atoms with E-state index in [2.05, 4.69) is 12.2 Å². The fourth-order valence-electron chi connectivity index (χ4n) is 2.02. The monoisotopic (exact) mass is 292 g/mol. The van der Waals surface area contributed by atoms with E-state index in [1.807, 2.05) is 0 Å². The molecule has 1 aromatic rings. The van der Waals surface area contributed by atoms with E-state index < -0.39 is 0 Å². The van der Waals surface area contributed by atoms with Crippen LogP contribution in [0.5, 0.6) is 5.75 Å². The third-order valence-corrected chi connectivity index (χ3v) is 3.79. The number of carbonyl (C=O) groups excluding carboxylic acids is 1. The van der Waals surface area contributed by atoms with Crippen molar-refractivity contribution in [2.75, 3.05) is 13.2 Å². The lowest BCUT2D eigenvalue weighted by Crippen LogP contribution is -2.32. The summed E-state index contributed by atoms with van der Waals surface area (Å²) in [7, 11) is 0. The second kappa shape index (κ2) is 6.70. The first-order valence-electron chi connectivity index (χ1n) is 6.85. The Hall–Kier alpha value is -1.62. The maximum Gasteiger partial charge on any atom is 0.257 e. The number of nitrogens with one attached hydrogen (secondary N) is 1. The summed E-state index contributed by atoms with van der Waals surface area (Å²) < 4.78 is 5.41. The van der Waals surface area contributed by atoms with Crippen molar-refractivity contribution in [2.24, 2.45) is 17.6 Å². The molecular weight excluding hydrogens is 272 g/mol. The smallest absolute Gasteiger partial charge is 0.257 e. The molecule has 0 saturated heterocycles. The number of ether oxygens (including phenoxy) is 1. The van der Waals surface area contributed by atoms with Crippen molar-refractivity contribution in [2.45, 2.75) is 19.8 Å². The predicted octanol–water partition coefficient (Wildman–Crippen LogP) is 1.86. The molecule has 1 unspecified atom stereocenters. The van der Waals surface area contributed by atoms with E-state index in [0.29, 0.717) is 16.7 Å². The third kappa shape index (κ3) is 4.49. The molecule has 0 bridgehead atoms. The van der Waals surface area contributed by atoms with Crippen LogP contribution in [-0.4, -0.2) is 24.0 Å². The molecule has 0 heterocycles. The highest BCUT2D eigenvalue weighted by molar-refractivity contribution is 7.80. The second-order valence-electron chi connectivity index (χ2n) is 5.30. The van der Waals surface area contributed by atoms with E-state index in [1.54, 1.807) is 24.3 Å². The Kier molecular flexibility index (Phi) is 4.95. The minimum atomic E-state index is -0.0871. The fourth-order valence-corrected chi connectivity index (χ4v) is 2.16. The molecule has 1 aromatic carbocycles. The van der Waals surface area contributed by atoms with E-state index in [4.69, 9.17) is 22.7 Å². The number of amides is 1. The van der Waals surface area contributed by atoms with Crippen molar-refractivity contribution in [3.8, 4) is 5.75 Å². The third-order valence-electron chi connectivity index (χ3n) is 3.56. The summed E-state index contributed by atoms with van der Waals surface area (Å²) in [6, 6.07) is 7.08. The van der Waals surface area contributed by atoms with Crippen LogP contribution in [0.1, 0.15) is 25.3 Å². The lowest BCUT2D eigenvalue weighted by atomic mass is 10.1. The molecule has 1 aliphatic carbocycles. The first-order chi connectivity index (χ1) is 9.56. The summed E-state index contributed by atoms with van der Waals surface area (Å²) in [5.74, 6) is 1.90. The minimum Gasteiger partial charge on any atom is -0.484 e. The maximum absolute atomic E-state index is 11.7. The highest BCUT2D eigenvalue weighted by Crippen LogP contribution is 2.35. The van der Waals surface area contributed by atoms with Crippen molar-refractivity contribution in [3.05, 3.63) is 29.8 Å². The van der Waals surface area contributed by atoms with Crippen molar-refractivity contribution < 1.29 is 9.53 Å². The van der Waals surface area contributed by atoms with Crippen molar-refractivity contribution in [1.82, 2.24) is 5.32 Å². The molecule has 0 aromatic heterocycles. The average Bonchev–Trinajstić information content (AvgIpc) is 3.27. The summed E-state index contributed by atoms with van der Waals surface area (Å²) in [5, 5.41) is 2.90. The number of rotatable bonds is 7. The van der Waals surface area contributed by atoms with Gasteiger partial charge in [-0.25, -0.2) is 0 Å². The van der Waals surface area contributed by atoms with Gasteiger partial charge in [-0.15, -0.1) is 0 Å². The zero-order valence-electron chi connectivity index (χ0n) is 11.6. The van der Waals surface area contributed by atoms with Crippen LogP contribution >= 0.6 is 12.2 Å². The Morgan fingerprint density at radius 2 is 2.10 bits per heavy atom. The lowest BCUT2D eigenvalue weighted by molar-refractivity contribution is -0.123. The molecule has 3 N–H and O–H groups in total. The molecule has 1 fully saturated rings. The predicted molar refractivity (Wildman–Crippen MR) is 82.7 cm³/mol. The van der Waals surface area contributed by atoms with Crippen LogP contribution in [0.4, 0.5) is 0 Å². The zero-order chi connectivity index (χ0) is 14.5. The van der Waals surface area contributed by atoms with E-state index in [0.717, 1.165) is 18.0 Å². The summed E-state index contributed by atoms with van der Waals surface area (Å²) in [6.07, 6.45) is 2.59. The highest BCUT2D eigenvalue weighted by atomic mass is 32.1. The summed E-state index contributed by atoms with van der Waals surface area (Å²) >= 11 is 4.87. The SMILES string of the molecule is CC(CNC(=O)COc1ccc(C(N)=S)cc1)C1CC1. The topological polar surface area (TPSA) is 64.3 Å². The number of hydrogen-bond donors (Lipinski definition) is 2. The Balaban J connectivity index is 1.70. The number of nitrogens with two attached hydrogens (primary N) is 1. The maximum atomic E-state index is 11.7. The van der Waals surface area contributed by atoms with E-state index >= 15 is 0 Å². The molecule has 0 radical (unpaired) electrons. The number of hydrogen-bond acceptors (Lipinski definition) is 3. The van der Waals surface area contributed by atoms with Gasteiger partial charge in [0.25, 0.3) is 5.91 Å². The first-order valence-corrected chi connectivity index (χ1v) is 7.26. The quantitative estimate of drug-likeness (QED) is 0.753. The molecule has 108 valence electrons. The van der Waals surface area contributed by atoms with Gasteiger partial charge < -0.3 is 15.8 Å². The van der Waals surface area contributed by atoms with E-state index in [9.17, 15) is 4.79 Å². The van der Waals surface area contributed by atoms with Crippen LogP contribution in [0.2, 0.25) is 0 Å². The molecule has 4 nitrogen and oxygen atoms in total. The van der Waals surface area contributed by atoms with Crippen LogP contribution < -0.4 is 15.8 Å². The summed E-state index contributed by atoms with van der Waals surface area (Å²) in [6.45, 7) is 2.93. The molecule has 1 amide bonds. The molecule has 0 spiro atoms. The molecule has 1 saturated carbocycles. The van der Waals surface area contributed by atoms with Crippen LogP contribution in [0.25, 0.3) is 0 Å². The fraction of sp³-hybridized carbons (Fsp3) is 0.467. The normalized spacial score (nSPS) is 15.4. The number of thiocarbonyl (C=S) groups is 1. The zero-order valence-corrected chi connectivity index (χ0v) is 12.4. The molecule has 1 atom stereocenters. The Bertz CT molecular complexity index is 483. The average molecular weight is 292 g/mol. The largest absolute Gasteiger partial charge is 0.484 e. The van der Waals surface area contributed by atoms with Gasteiger partial charge in [-0.05, 0) is 48.9 Å².